The van der Waals surface area contributed by atoms with Gasteiger partial charge in [0, 0.05) is 12.1 Å². The van der Waals surface area contributed by atoms with Crippen molar-refractivity contribution in [1.82, 2.24) is 0 Å². The number of ether oxygens (including phenoxy) is 1. The molecule has 0 unspecified atom stereocenters. The Hall–Kier alpha value is -2.47. The van der Waals surface area contributed by atoms with Gasteiger partial charge in [-0.3, -0.25) is 4.79 Å². The molecular formula is C15H14F2N2O2. The number of para-hydroxylation sites is 2. The fourth-order valence-corrected chi connectivity index (χ4v) is 1.75. The number of hydrogen-bond donors (Lipinski definition) is 2. The molecule has 0 fully saturated rings. The Morgan fingerprint density at radius 2 is 1.76 bits per heavy atom. The first kappa shape index (κ1) is 14.9. The minimum atomic E-state index is -0.842. The normalized spacial score (nSPS) is 10.2. The van der Waals surface area contributed by atoms with Crippen LogP contribution >= 0.6 is 0 Å². The Morgan fingerprint density at radius 1 is 1.10 bits per heavy atom. The molecule has 0 aliphatic heterocycles. The molecule has 0 atom stereocenters. The van der Waals surface area contributed by atoms with Crippen LogP contribution in [0.4, 0.5) is 14.5 Å². The van der Waals surface area contributed by atoms with Gasteiger partial charge in [-0.15, -0.1) is 0 Å². The van der Waals surface area contributed by atoms with Gasteiger partial charge in [-0.05, 0) is 18.2 Å². The van der Waals surface area contributed by atoms with E-state index < -0.39 is 23.2 Å². The van der Waals surface area contributed by atoms with Crippen molar-refractivity contribution in [1.29, 1.82) is 0 Å². The van der Waals surface area contributed by atoms with E-state index in [1.807, 2.05) is 0 Å². The summed E-state index contributed by atoms with van der Waals surface area (Å²) < 4.78 is 32.1. The largest absolute Gasteiger partial charge is 0.483 e. The van der Waals surface area contributed by atoms with Crippen LogP contribution in [0.3, 0.4) is 0 Å². The number of halogens is 2. The van der Waals surface area contributed by atoms with E-state index in [1.165, 1.54) is 6.07 Å². The lowest BCUT2D eigenvalue weighted by molar-refractivity contribution is -0.118. The number of anilines is 1. The average Bonchev–Trinajstić information content (AvgIpc) is 2.49. The lowest BCUT2D eigenvalue weighted by Gasteiger charge is -2.11. The van der Waals surface area contributed by atoms with E-state index in [1.54, 1.807) is 24.3 Å². The Balaban J connectivity index is 1.99. The summed E-state index contributed by atoms with van der Waals surface area (Å²) in [6, 6.07) is 10.3. The van der Waals surface area contributed by atoms with Crippen molar-refractivity contribution < 1.29 is 18.3 Å². The van der Waals surface area contributed by atoms with Crippen LogP contribution in [0.2, 0.25) is 0 Å². The average molecular weight is 292 g/mol. The van der Waals surface area contributed by atoms with Gasteiger partial charge in [-0.2, -0.15) is 0 Å². The summed E-state index contributed by atoms with van der Waals surface area (Å²) in [7, 11) is 0. The van der Waals surface area contributed by atoms with Crippen molar-refractivity contribution in [2.45, 2.75) is 6.54 Å². The van der Waals surface area contributed by atoms with Crippen molar-refractivity contribution in [2.75, 3.05) is 11.9 Å². The predicted octanol–water partition coefficient (Wildman–Crippen LogP) is 2.44. The maximum atomic E-state index is 13.4. The van der Waals surface area contributed by atoms with Gasteiger partial charge in [-0.1, -0.05) is 24.3 Å². The highest BCUT2D eigenvalue weighted by Gasteiger charge is 2.12. The second-order valence-electron chi connectivity index (χ2n) is 4.25. The van der Waals surface area contributed by atoms with E-state index in [4.69, 9.17) is 10.5 Å². The third-order valence-electron chi connectivity index (χ3n) is 2.78. The van der Waals surface area contributed by atoms with Gasteiger partial charge in [0.2, 0.25) is 0 Å². The van der Waals surface area contributed by atoms with E-state index >= 15 is 0 Å². The molecule has 6 heteroatoms. The van der Waals surface area contributed by atoms with Gasteiger partial charge >= 0.3 is 0 Å². The molecule has 0 aliphatic carbocycles. The molecule has 2 aromatic rings. The maximum absolute atomic E-state index is 13.4. The van der Waals surface area contributed by atoms with Crippen molar-refractivity contribution in [3.05, 3.63) is 59.7 Å². The van der Waals surface area contributed by atoms with Gasteiger partial charge in [0.25, 0.3) is 5.91 Å². The zero-order valence-corrected chi connectivity index (χ0v) is 11.1. The molecule has 0 aliphatic rings. The smallest absolute Gasteiger partial charge is 0.262 e. The van der Waals surface area contributed by atoms with Crippen LogP contribution in [-0.4, -0.2) is 12.5 Å². The van der Waals surface area contributed by atoms with E-state index in [0.29, 0.717) is 5.75 Å². The quantitative estimate of drug-likeness (QED) is 0.889. The van der Waals surface area contributed by atoms with Gasteiger partial charge in [0.05, 0.1) is 0 Å². The molecule has 0 radical (unpaired) electrons. The van der Waals surface area contributed by atoms with Crippen LogP contribution in [0.1, 0.15) is 5.56 Å². The molecule has 0 saturated carbocycles. The van der Waals surface area contributed by atoms with E-state index in [9.17, 15) is 13.6 Å². The summed E-state index contributed by atoms with van der Waals surface area (Å²) in [4.78, 5) is 11.7. The van der Waals surface area contributed by atoms with Gasteiger partial charge in [0.1, 0.15) is 23.1 Å². The number of amides is 1. The minimum Gasteiger partial charge on any atom is -0.483 e. The second-order valence-corrected chi connectivity index (χ2v) is 4.25. The monoisotopic (exact) mass is 292 g/mol. The molecule has 0 spiro atoms. The zero-order chi connectivity index (χ0) is 15.2. The summed E-state index contributed by atoms with van der Waals surface area (Å²) in [5.41, 5.74) is 5.79. The van der Waals surface area contributed by atoms with E-state index in [-0.39, 0.29) is 13.2 Å². The molecule has 0 bridgehead atoms. The molecule has 110 valence electrons. The van der Waals surface area contributed by atoms with Gasteiger partial charge < -0.3 is 15.8 Å². The van der Waals surface area contributed by atoms with Gasteiger partial charge in [-0.25, -0.2) is 8.78 Å². The molecule has 4 nitrogen and oxygen atoms in total. The first-order valence-corrected chi connectivity index (χ1v) is 6.26. The van der Waals surface area contributed by atoms with Crippen molar-refractivity contribution in [3.63, 3.8) is 0 Å². The number of nitrogens with two attached hydrogens (primary N) is 1. The summed E-state index contributed by atoms with van der Waals surface area (Å²) >= 11 is 0. The number of nitrogens with one attached hydrogen (secondary N) is 1. The SMILES string of the molecule is NCc1ccccc1OCC(=O)Nc1c(F)cccc1F. The molecule has 1 amide bonds. The van der Waals surface area contributed by atoms with Crippen LogP contribution in [0, 0.1) is 11.6 Å². The predicted molar refractivity (Wildman–Crippen MR) is 74.8 cm³/mol. The van der Waals surface area contributed by atoms with E-state index in [2.05, 4.69) is 5.32 Å². The first-order valence-electron chi connectivity index (χ1n) is 6.26. The van der Waals surface area contributed by atoms with Crippen LogP contribution in [0.15, 0.2) is 42.5 Å². The molecule has 0 heterocycles. The van der Waals surface area contributed by atoms with E-state index in [0.717, 1.165) is 17.7 Å². The highest BCUT2D eigenvalue weighted by atomic mass is 19.1. The zero-order valence-electron chi connectivity index (χ0n) is 11.1. The highest BCUT2D eigenvalue weighted by molar-refractivity contribution is 5.92. The molecule has 0 saturated heterocycles. The number of carbonyl (C=O) groups excluding carboxylic acids is 1. The van der Waals surface area contributed by atoms with Crippen molar-refractivity contribution in [3.8, 4) is 5.75 Å². The lowest BCUT2D eigenvalue weighted by atomic mass is 10.2. The summed E-state index contributed by atoms with van der Waals surface area (Å²) in [6.07, 6.45) is 0. The second kappa shape index (κ2) is 6.81. The fourth-order valence-electron chi connectivity index (χ4n) is 1.75. The topological polar surface area (TPSA) is 64.3 Å². The van der Waals surface area contributed by atoms with Crippen molar-refractivity contribution >= 4 is 11.6 Å². The van der Waals surface area contributed by atoms with Crippen LogP contribution in [-0.2, 0) is 11.3 Å². The molecular weight excluding hydrogens is 278 g/mol. The standard InChI is InChI=1S/C15H14F2N2O2/c16-11-5-3-6-12(17)15(11)19-14(20)9-21-13-7-2-1-4-10(13)8-18/h1-7H,8-9,18H2,(H,19,20). The summed E-state index contributed by atoms with van der Waals surface area (Å²) in [5, 5.41) is 2.14. The number of hydrogen-bond acceptors (Lipinski definition) is 3. The molecule has 0 aromatic heterocycles. The summed E-state index contributed by atoms with van der Waals surface area (Å²) in [5.74, 6) is -1.88. The minimum absolute atomic E-state index is 0.264. The van der Waals surface area contributed by atoms with Crippen LogP contribution in [0.25, 0.3) is 0 Å². The Kier molecular flexibility index (Phi) is 4.84. The Bertz CT molecular complexity index is 627. The summed E-state index contributed by atoms with van der Waals surface area (Å²) in [6.45, 7) is -0.107. The Morgan fingerprint density at radius 3 is 2.43 bits per heavy atom. The third kappa shape index (κ3) is 3.76. The maximum Gasteiger partial charge on any atom is 0.262 e. The number of rotatable bonds is 5. The molecule has 3 N–H and O–H groups in total. The van der Waals surface area contributed by atoms with Gasteiger partial charge in [0.15, 0.2) is 6.61 Å². The Labute approximate surface area is 120 Å². The third-order valence-corrected chi connectivity index (χ3v) is 2.78. The molecule has 2 rings (SSSR count). The first-order chi connectivity index (χ1) is 10.1. The van der Waals surface area contributed by atoms with Crippen molar-refractivity contribution in [2.24, 2.45) is 5.73 Å². The van der Waals surface area contributed by atoms with Crippen LogP contribution in [0.5, 0.6) is 5.75 Å². The highest BCUT2D eigenvalue weighted by Crippen LogP contribution is 2.19. The van der Waals surface area contributed by atoms with Crippen LogP contribution < -0.4 is 15.8 Å². The molecule has 21 heavy (non-hydrogen) atoms. The number of carbonyl (C=O) groups is 1. The fraction of sp³-hybridized carbons (Fsp3) is 0.133. The lowest BCUT2D eigenvalue weighted by Crippen LogP contribution is -2.22. The molecule has 2 aromatic carbocycles. The number of benzene rings is 2.